The van der Waals surface area contributed by atoms with Crippen LogP contribution in [0, 0.1) is 5.82 Å². The van der Waals surface area contributed by atoms with Crippen LogP contribution in [0.5, 0.6) is 11.5 Å². The maximum atomic E-state index is 12.8. The quantitative estimate of drug-likeness (QED) is 0.614. The third-order valence-electron chi connectivity index (χ3n) is 3.33. The van der Waals surface area contributed by atoms with Gasteiger partial charge in [-0.15, -0.1) is 0 Å². The predicted octanol–water partition coefficient (Wildman–Crippen LogP) is 2.46. The number of benzene rings is 2. The van der Waals surface area contributed by atoms with Gasteiger partial charge >= 0.3 is 0 Å². The van der Waals surface area contributed by atoms with Crippen molar-refractivity contribution in [3.8, 4) is 11.5 Å². The Balaban J connectivity index is 1.81. The van der Waals surface area contributed by atoms with Gasteiger partial charge in [0.05, 0.1) is 7.11 Å². The van der Waals surface area contributed by atoms with Crippen LogP contribution in [0.2, 0.25) is 0 Å². The van der Waals surface area contributed by atoms with E-state index in [2.05, 4.69) is 10.9 Å². The van der Waals surface area contributed by atoms with Gasteiger partial charge in [-0.05, 0) is 55.0 Å². The molecule has 0 heterocycles. The van der Waals surface area contributed by atoms with Gasteiger partial charge in [0, 0.05) is 6.08 Å². The van der Waals surface area contributed by atoms with Crippen molar-refractivity contribution >= 4 is 17.9 Å². The van der Waals surface area contributed by atoms with Crippen LogP contribution >= 0.6 is 0 Å². The largest absolute Gasteiger partial charge is 0.497 e. The number of nitrogens with one attached hydrogen (secondary N) is 2. The standard InChI is InChI=1S/C19H19FN2O4/c1-13(26-16-9-7-15(20)8-10-16)19(24)22-21-18(23)11-6-14-4-3-5-17(12-14)25-2/h3-13H,1-2H3,(H,21,23)(H,22,24)/b11-6+. The molecule has 0 aliphatic rings. The van der Waals surface area contributed by atoms with Gasteiger partial charge in [-0.2, -0.15) is 0 Å². The van der Waals surface area contributed by atoms with Crippen LogP contribution in [0.15, 0.2) is 54.6 Å². The minimum absolute atomic E-state index is 0.346. The van der Waals surface area contributed by atoms with Crippen molar-refractivity contribution in [3.05, 3.63) is 66.0 Å². The van der Waals surface area contributed by atoms with Crippen LogP contribution in [0.3, 0.4) is 0 Å². The van der Waals surface area contributed by atoms with Crippen LogP contribution in [0.1, 0.15) is 12.5 Å². The number of ether oxygens (including phenoxy) is 2. The Labute approximate surface area is 150 Å². The molecule has 0 radical (unpaired) electrons. The number of carbonyl (C=O) groups is 2. The molecule has 7 heteroatoms. The van der Waals surface area contributed by atoms with Crippen molar-refractivity contribution in [1.82, 2.24) is 10.9 Å². The van der Waals surface area contributed by atoms with E-state index in [9.17, 15) is 14.0 Å². The second-order valence-corrected chi connectivity index (χ2v) is 5.30. The van der Waals surface area contributed by atoms with E-state index in [0.717, 1.165) is 5.56 Å². The van der Waals surface area contributed by atoms with Crippen molar-refractivity contribution in [3.63, 3.8) is 0 Å². The van der Waals surface area contributed by atoms with Gasteiger partial charge in [0.15, 0.2) is 6.10 Å². The average Bonchev–Trinajstić information content (AvgIpc) is 2.66. The van der Waals surface area contributed by atoms with Gasteiger partial charge < -0.3 is 9.47 Å². The number of hydrogen-bond acceptors (Lipinski definition) is 4. The fourth-order valence-corrected chi connectivity index (χ4v) is 1.95. The summed E-state index contributed by atoms with van der Waals surface area (Å²) in [5.41, 5.74) is 5.30. The Bertz CT molecular complexity index is 790. The number of hydrazine groups is 1. The Hall–Kier alpha value is -3.35. The summed E-state index contributed by atoms with van der Waals surface area (Å²) in [7, 11) is 1.56. The molecule has 0 aromatic heterocycles. The van der Waals surface area contributed by atoms with Crippen molar-refractivity contribution in [1.29, 1.82) is 0 Å². The Kier molecular flexibility index (Phi) is 6.73. The van der Waals surface area contributed by atoms with E-state index in [-0.39, 0.29) is 0 Å². The number of methoxy groups -OCH3 is 1. The second kappa shape index (κ2) is 9.22. The molecule has 0 spiro atoms. The molecule has 1 unspecified atom stereocenters. The number of hydrogen-bond donors (Lipinski definition) is 2. The van der Waals surface area contributed by atoms with Gasteiger partial charge in [0.1, 0.15) is 17.3 Å². The Morgan fingerprint density at radius 1 is 1.08 bits per heavy atom. The molecule has 136 valence electrons. The molecule has 2 amide bonds. The highest BCUT2D eigenvalue weighted by molar-refractivity contribution is 5.93. The summed E-state index contributed by atoms with van der Waals surface area (Å²) >= 11 is 0. The van der Waals surface area contributed by atoms with E-state index in [0.29, 0.717) is 11.5 Å². The van der Waals surface area contributed by atoms with Crippen molar-refractivity contribution in [2.75, 3.05) is 7.11 Å². The summed E-state index contributed by atoms with van der Waals surface area (Å²) in [6.07, 6.45) is 1.99. The SMILES string of the molecule is COc1cccc(/C=C/C(=O)NNC(=O)C(C)Oc2ccc(F)cc2)c1. The molecule has 0 saturated carbocycles. The molecule has 6 nitrogen and oxygen atoms in total. The van der Waals surface area contributed by atoms with Gasteiger partial charge in [-0.3, -0.25) is 20.4 Å². The minimum atomic E-state index is -0.872. The Morgan fingerprint density at radius 2 is 1.81 bits per heavy atom. The topological polar surface area (TPSA) is 76.7 Å². The van der Waals surface area contributed by atoms with E-state index >= 15 is 0 Å². The maximum absolute atomic E-state index is 12.8. The fourth-order valence-electron chi connectivity index (χ4n) is 1.95. The summed E-state index contributed by atoms with van der Waals surface area (Å²) in [5, 5.41) is 0. The molecule has 2 N–H and O–H groups in total. The van der Waals surface area contributed by atoms with Crippen molar-refractivity contribution < 1.29 is 23.5 Å². The summed E-state index contributed by atoms with van der Waals surface area (Å²) in [6.45, 7) is 1.51. The van der Waals surface area contributed by atoms with Crippen LogP contribution < -0.4 is 20.3 Å². The number of amides is 2. The van der Waals surface area contributed by atoms with Gasteiger partial charge in [0.25, 0.3) is 11.8 Å². The molecule has 0 aliphatic carbocycles. The van der Waals surface area contributed by atoms with Gasteiger partial charge in [-0.25, -0.2) is 4.39 Å². The summed E-state index contributed by atoms with van der Waals surface area (Å²) in [4.78, 5) is 23.7. The molecule has 0 fully saturated rings. The molecule has 2 aromatic carbocycles. The normalized spacial score (nSPS) is 11.7. The molecular weight excluding hydrogens is 339 g/mol. The number of carbonyl (C=O) groups excluding carboxylic acids is 2. The highest BCUT2D eigenvalue weighted by atomic mass is 19.1. The predicted molar refractivity (Wildman–Crippen MR) is 94.8 cm³/mol. The first kappa shape index (κ1) is 19.0. The minimum Gasteiger partial charge on any atom is -0.497 e. The molecule has 2 aromatic rings. The zero-order chi connectivity index (χ0) is 18.9. The van der Waals surface area contributed by atoms with E-state index in [1.165, 1.54) is 37.3 Å². The molecule has 0 aliphatic heterocycles. The third-order valence-corrected chi connectivity index (χ3v) is 3.33. The smallest absolute Gasteiger partial charge is 0.279 e. The average molecular weight is 358 g/mol. The molecule has 26 heavy (non-hydrogen) atoms. The van der Waals surface area contributed by atoms with E-state index in [1.54, 1.807) is 31.4 Å². The molecule has 0 bridgehead atoms. The molecular formula is C19H19FN2O4. The van der Waals surface area contributed by atoms with E-state index < -0.39 is 23.7 Å². The lowest BCUT2D eigenvalue weighted by Crippen LogP contribution is -2.46. The van der Waals surface area contributed by atoms with Crippen LogP contribution in [-0.4, -0.2) is 25.0 Å². The summed E-state index contributed by atoms with van der Waals surface area (Å²) < 4.78 is 23.3. The monoisotopic (exact) mass is 358 g/mol. The first-order valence-corrected chi connectivity index (χ1v) is 7.82. The van der Waals surface area contributed by atoms with Crippen LogP contribution in [-0.2, 0) is 9.59 Å². The van der Waals surface area contributed by atoms with E-state index in [4.69, 9.17) is 9.47 Å². The first-order chi connectivity index (χ1) is 12.5. The zero-order valence-corrected chi connectivity index (χ0v) is 14.4. The van der Waals surface area contributed by atoms with Crippen LogP contribution in [0.25, 0.3) is 6.08 Å². The fraction of sp³-hybridized carbons (Fsp3) is 0.158. The van der Waals surface area contributed by atoms with E-state index in [1.807, 2.05) is 6.07 Å². The number of rotatable bonds is 6. The Morgan fingerprint density at radius 3 is 2.50 bits per heavy atom. The molecule has 1 atom stereocenters. The third kappa shape index (κ3) is 5.94. The van der Waals surface area contributed by atoms with Gasteiger partial charge in [0.2, 0.25) is 0 Å². The lowest BCUT2D eigenvalue weighted by atomic mass is 10.2. The maximum Gasteiger partial charge on any atom is 0.279 e. The number of halogens is 1. The zero-order valence-electron chi connectivity index (χ0n) is 14.4. The lowest BCUT2D eigenvalue weighted by Gasteiger charge is -2.14. The van der Waals surface area contributed by atoms with Gasteiger partial charge in [-0.1, -0.05) is 12.1 Å². The molecule has 0 saturated heterocycles. The second-order valence-electron chi connectivity index (χ2n) is 5.30. The summed E-state index contributed by atoms with van der Waals surface area (Å²) in [6, 6.07) is 12.4. The van der Waals surface area contributed by atoms with Crippen molar-refractivity contribution in [2.45, 2.75) is 13.0 Å². The van der Waals surface area contributed by atoms with Crippen molar-refractivity contribution in [2.24, 2.45) is 0 Å². The van der Waals surface area contributed by atoms with Crippen LogP contribution in [0.4, 0.5) is 4.39 Å². The highest BCUT2D eigenvalue weighted by Gasteiger charge is 2.14. The summed E-state index contributed by atoms with van der Waals surface area (Å²) in [5.74, 6) is -0.428. The first-order valence-electron chi connectivity index (χ1n) is 7.82. The highest BCUT2D eigenvalue weighted by Crippen LogP contribution is 2.14. The molecule has 2 rings (SSSR count). The lowest BCUT2D eigenvalue weighted by molar-refractivity contribution is -0.131.